The Morgan fingerprint density at radius 3 is 2.61 bits per heavy atom. The summed E-state index contributed by atoms with van der Waals surface area (Å²) in [4.78, 5) is 24.6. The third-order valence-electron chi connectivity index (χ3n) is 4.24. The molecular weight excluding hydrogens is 362 g/mol. The van der Waals surface area contributed by atoms with Crippen LogP contribution in [-0.2, 0) is 0 Å². The molecule has 146 valence electrons. The minimum atomic E-state index is -0.635. The first-order valence-corrected chi connectivity index (χ1v) is 8.92. The molecule has 3 aromatic rings. The molecule has 2 N–H and O–H groups in total. The van der Waals surface area contributed by atoms with Crippen LogP contribution < -0.4 is 20.2 Å². The van der Waals surface area contributed by atoms with Gasteiger partial charge in [0.05, 0.1) is 12.7 Å². The first-order chi connectivity index (χ1) is 13.5. The van der Waals surface area contributed by atoms with Gasteiger partial charge in [-0.15, -0.1) is 0 Å². The molecule has 1 heterocycles. The van der Waals surface area contributed by atoms with E-state index < -0.39 is 6.09 Å². The third-order valence-corrected chi connectivity index (χ3v) is 4.24. The highest BCUT2D eigenvalue weighted by Crippen LogP contribution is 2.30. The number of benzene rings is 2. The summed E-state index contributed by atoms with van der Waals surface area (Å²) in [6, 6.07) is 9.53. The van der Waals surface area contributed by atoms with Gasteiger partial charge in [0.25, 0.3) is 0 Å². The molecule has 0 saturated carbocycles. The van der Waals surface area contributed by atoms with Crippen LogP contribution in [0.1, 0.15) is 19.8 Å². The lowest BCUT2D eigenvalue weighted by Gasteiger charge is -2.09. The van der Waals surface area contributed by atoms with E-state index in [2.05, 4.69) is 5.32 Å². The minimum absolute atomic E-state index is 0.0204. The largest absolute Gasteiger partial charge is 0.507 e. The summed E-state index contributed by atoms with van der Waals surface area (Å²) in [6.07, 6.45) is 2.46. The van der Waals surface area contributed by atoms with Gasteiger partial charge in [-0.05, 0) is 24.1 Å². The fraction of sp³-hybridized carbons (Fsp3) is 0.238. The van der Waals surface area contributed by atoms with Crippen molar-refractivity contribution in [1.82, 2.24) is 5.32 Å². The number of ether oxygens (including phenoxy) is 2. The Morgan fingerprint density at radius 1 is 1.18 bits per heavy atom. The van der Waals surface area contributed by atoms with E-state index in [1.54, 1.807) is 31.4 Å². The molecule has 0 aliphatic rings. The van der Waals surface area contributed by atoms with E-state index in [9.17, 15) is 14.7 Å². The molecule has 0 unspecified atom stereocenters. The molecule has 1 amide bonds. The molecule has 28 heavy (non-hydrogen) atoms. The van der Waals surface area contributed by atoms with Gasteiger partial charge >= 0.3 is 6.09 Å². The Hall–Kier alpha value is -3.48. The molecule has 0 radical (unpaired) electrons. The SMILES string of the molecule is CCCCNC(=O)Oc1cc(O)c2c(=O)c(-c3ccc(OC)cc3)coc2c1. The van der Waals surface area contributed by atoms with Crippen molar-refractivity contribution in [3.63, 3.8) is 0 Å². The van der Waals surface area contributed by atoms with Gasteiger partial charge in [0.2, 0.25) is 5.43 Å². The van der Waals surface area contributed by atoms with Crippen LogP contribution in [0.3, 0.4) is 0 Å². The van der Waals surface area contributed by atoms with E-state index in [1.165, 1.54) is 18.4 Å². The number of phenolic OH excluding ortho intramolecular Hbond substituents is 1. The van der Waals surface area contributed by atoms with Gasteiger partial charge in [0.1, 0.15) is 34.5 Å². The number of methoxy groups -OCH3 is 1. The molecule has 7 heteroatoms. The number of nitrogens with one attached hydrogen (secondary N) is 1. The summed E-state index contributed by atoms with van der Waals surface area (Å²) < 4.78 is 15.8. The molecule has 2 aromatic carbocycles. The highest BCUT2D eigenvalue weighted by atomic mass is 16.6. The second kappa shape index (κ2) is 8.47. The number of unbranched alkanes of at least 4 members (excludes halogenated alkanes) is 1. The van der Waals surface area contributed by atoms with Gasteiger partial charge < -0.3 is 24.3 Å². The fourth-order valence-electron chi connectivity index (χ4n) is 2.75. The van der Waals surface area contributed by atoms with Crippen molar-refractivity contribution in [2.75, 3.05) is 13.7 Å². The van der Waals surface area contributed by atoms with Crippen molar-refractivity contribution in [2.45, 2.75) is 19.8 Å². The smallest absolute Gasteiger partial charge is 0.412 e. The standard InChI is InChI=1S/C21H21NO6/c1-3-4-9-22-21(25)28-15-10-17(23)19-18(11-15)27-12-16(20(19)24)13-5-7-14(26-2)8-6-13/h5-8,10-12,23H,3-4,9H2,1-2H3,(H,22,25). The summed E-state index contributed by atoms with van der Waals surface area (Å²) in [5.74, 6) is 0.424. The molecule has 0 aliphatic carbocycles. The highest BCUT2D eigenvalue weighted by Gasteiger charge is 2.16. The molecule has 0 saturated heterocycles. The van der Waals surface area contributed by atoms with Crippen molar-refractivity contribution in [3.8, 4) is 28.4 Å². The zero-order valence-corrected chi connectivity index (χ0v) is 15.7. The Labute approximate surface area is 161 Å². The Balaban J connectivity index is 1.92. The van der Waals surface area contributed by atoms with E-state index in [-0.39, 0.29) is 27.9 Å². The van der Waals surface area contributed by atoms with Crippen LogP contribution >= 0.6 is 0 Å². The normalized spacial score (nSPS) is 10.6. The van der Waals surface area contributed by atoms with E-state index in [1.807, 2.05) is 6.92 Å². The van der Waals surface area contributed by atoms with Gasteiger partial charge in [0.15, 0.2) is 0 Å². The van der Waals surface area contributed by atoms with Crippen LogP contribution in [0.25, 0.3) is 22.1 Å². The van der Waals surface area contributed by atoms with Crippen LogP contribution in [-0.4, -0.2) is 24.9 Å². The van der Waals surface area contributed by atoms with Gasteiger partial charge in [-0.2, -0.15) is 0 Å². The number of carbonyl (C=O) groups is 1. The third kappa shape index (κ3) is 4.09. The van der Waals surface area contributed by atoms with Crippen molar-refractivity contribution in [1.29, 1.82) is 0 Å². The monoisotopic (exact) mass is 383 g/mol. The number of carbonyl (C=O) groups excluding carboxylic acids is 1. The van der Waals surface area contributed by atoms with Crippen LogP contribution in [0.2, 0.25) is 0 Å². The van der Waals surface area contributed by atoms with Crippen molar-refractivity contribution >= 4 is 17.1 Å². The lowest BCUT2D eigenvalue weighted by Crippen LogP contribution is -2.27. The molecule has 7 nitrogen and oxygen atoms in total. The number of rotatable bonds is 6. The number of aromatic hydroxyl groups is 1. The number of amides is 1. The number of hydrogen-bond acceptors (Lipinski definition) is 6. The molecule has 1 aromatic heterocycles. The summed E-state index contributed by atoms with van der Waals surface area (Å²) in [5, 5.41) is 12.9. The first kappa shape index (κ1) is 19.3. The maximum atomic E-state index is 12.8. The van der Waals surface area contributed by atoms with Crippen LogP contribution in [0.5, 0.6) is 17.2 Å². The average Bonchev–Trinajstić information content (AvgIpc) is 2.68. The first-order valence-electron chi connectivity index (χ1n) is 8.92. The van der Waals surface area contributed by atoms with E-state index >= 15 is 0 Å². The molecule has 0 atom stereocenters. The van der Waals surface area contributed by atoms with Gasteiger partial charge in [-0.3, -0.25) is 4.79 Å². The Kier molecular flexibility index (Phi) is 5.84. The number of hydrogen-bond donors (Lipinski definition) is 2. The maximum absolute atomic E-state index is 12.8. The van der Waals surface area contributed by atoms with Gasteiger partial charge in [-0.1, -0.05) is 25.5 Å². The summed E-state index contributed by atoms with van der Waals surface area (Å²) >= 11 is 0. The van der Waals surface area contributed by atoms with Crippen molar-refractivity contribution in [3.05, 3.63) is 52.9 Å². The van der Waals surface area contributed by atoms with Crippen LogP contribution in [0.4, 0.5) is 4.79 Å². The second-order valence-electron chi connectivity index (χ2n) is 6.19. The van der Waals surface area contributed by atoms with E-state index in [0.29, 0.717) is 23.4 Å². The lowest BCUT2D eigenvalue weighted by atomic mass is 10.0. The molecule has 0 bridgehead atoms. The van der Waals surface area contributed by atoms with Crippen LogP contribution in [0.15, 0.2) is 51.9 Å². The maximum Gasteiger partial charge on any atom is 0.412 e. The van der Waals surface area contributed by atoms with E-state index in [0.717, 1.165) is 12.8 Å². The van der Waals surface area contributed by atoms with E-state index in [4.69, 9.17) is 13.9 Å². The quantitative estimate of drug-likeness (QED) is 0.623. The molecule has 3 rings (SSSR count). The number of phenols is 1. The minimum Gasteiger partial charge on any atom is -0.507 e. The predicted octanol–water partition coefficient (Wildman–Crippen LogP) is 4.06. The average molecular weight is 383 g/mol. The predicted molar refractivity (Wildman–Crippen MR) is 105 cm³/mol. The summed E-state index contributed by atoms with van der Waals surface area (Å²) in [5.41, 5.74) is 0.671. The summed E-state index contributed by atoms with van der Waals surface area (Å²) in [6.45, 7) is 2.51. The van der Waals surface area contributed by atoms with Crippen molar-refractivity contribution < 1.29 is 23.8 Å². The lowest BCUT2D eigenvalue weighted by molar-refractivity contribution is 0.200. The Bertz CT molecular complexity index is 1040. The summed E-state index contributed by atoms with van der Waals surface area (Å²) in [7, 11) is 1.56. The second-order valence-corrected chi connectivity index (χ2v) is 6.19. The van der Waals surface area contributed by atoms with Crippen LogP contribution in [0, 0.1) is 0 Å². The van der Waals surface area contributed by atoms with Crippen molar-refractivity contribution in [2.24, 2.45) is 0 Å². The fourth-order valence-corrected chi connectivity index (χ4v) is 2.75. The molecule has 0 spiro atoms. The van der Waals surface area contributed by atoms with Gasteiger partial charge in [-0.25, -0.2) is 4.79 Å². The van der Waals surface area contributed by atoms with Gasteiger partial charge in [0, 0.05) is 18.7 Å². The zero-order chi connectivity index (χ0) is 20.1. The number of fused-ring (bicyclic) bond motifs is 1. The Morgan fingerprint density at radius 2 is 1.93 bits per heavy atom. The highest BCUT2D eigenvalue weighted by molar-refractivity contribution is 5.88. The topological polar surface area (TPSA) is 98.0 Å². The zero-order valence-electron chi connectivity index (χ0n) is 15.7. The molecular formula is C21H21NO6. The molecule has 0 aliphatic heterocycles. The molecule has 0 fully saturated rings.